The van der Waals surface area contributed by atoms with Gasteiger partial charge in [-0.2, -0.15) is 0 Å². The highest BCUT2D eigenvalue weighted by atomic mass is 16.2. The number of carbonyl (C=O) groups excluding carboxylic acids is 2. The number of nitrogens with one attached hydrogen (secondary N) is 2. The lowest BCUT2D eigenvalue weighted by Crippen LogP contribution is -2.37. The fraction of sp³-hybridized carbons (Fsp3) is 0.429. The van der Waals surface area contributed by atoms with Gasteiger partial charge in [0.2, 0.25) is 11.8 Å². The van der Waals surface area contributed by atoms with Gasteiger partial charge in [-0.25, -0.2) is 0 Å². The normalized spacial score (nSPS) is 12.1. The molecule has 1 atom stereocenters. The summed E-state index contributed by atoms with van der Waals surface area (Å²) in [6.07, 6.45) is 0. The van der Waals surface area contributed by atoms with Crippen molar-refractivity contribution in [2.45, 2.75) is 33.4 Å². The summed E-state index contributed by atoms with van der Waals surface area (Å²) in [4.78, 5) is 22.9. The SMILES string of the molecule is CC(C)C(=O)Nc1cccc(CNC(=O)C(C)N)c1. The molecular weight excluding hydrogens is 242 g/mol. The van der Waals surface area contributed by atoms with Crippen LogP contribution in [-0.4, -0.2) is 17.9 Å². The van der Waals surface area contributed by atoms with E-state index in [9.17, 15) is 9.59 Å². The smallest absolute Gasteiger partial charge is 0.236 e. The zero-order valence-corrected chi connectivity index (χ0v) is 11.6. The summed E-state index contributed by atoms with van der Waals surface area (Å²) in [5.74, 6) is -0.296. The monoisotopic (exact) mass is 263 g/mol. The van der Waals surface area contributed by atoms with Crippen LogP contribution in [0.25, 0.3) is 0 Å². The summed E-state index contributed by atoms with van der Waals surface area (Å²) in [5.41, 5.74) is 7.10. The second-order valence-electron chi connectivity index (χ2n) is 4.85. The van der Waals surface area contributed by atoms with E-state index in [-0.39, 0.29) is 17.7 Å². The number of rotatable bonds is 5. The van der Waals surface area contributed by atoms with Crippen molar-refractivity contribution < 1.29 is 9.59 Å². The van der Waals surface area contributed by atoms with Gasteiger partial charge in [0, 0.05) is 18.2 Å². The molecule has 1 aromatic rings. The van der Waals surface area contributed by atoms with Crippen LogP contribution in [0.1, 0.15) is 26.3 Å². The van der Waals surface area contributed by atoms with Crippen molar-refractivity contribution in [2.75, 3.05) is 5.32 Å². The molecule has 2 amide bonds. The molecule has 0 aliphatic rings. The van der Waals surface area contributed by atoms with Crippen molar-refractivity contribution in [3.05, 3.63) is 29.8 Å². The van der Waals surface area contributed by atoms with E-state index in [1.54, 1.807) is 6.92 Å². The molecule has 0 saturated carbocycles. The first-order valence-corrected chi connectivity index (χ1v) is 6.33. The van der Waals surface area contributed by atoms with Gasteiger partial charge in [0.15, 0.2) is 0 Å². The lowest BCUT2D eigenvalue weighted by Gasteiger charge is -2.11. The number of amides is 2. The lowest BCUT2D eigenvalue weighted by atomic mass is 10.1. The maximum Gasteiger partial charge on any atom is 0.236 e. The number of nitrogens with two attached hydrogens (primary N) is 1. The Hall–Kier alpha value is -1.88. The second-order valence-corrected chi connectivity index (χ2v) is 4.85. The molecule has 0 radical (unpaired) electrons. The van der Waals surface area contributed by atoms with Gasteiger partial charge in [-0.3, -0.25) is 9.59 Å². The Kier molecular flexibility index (Phi) is 5.51. The summed E-state index contributed by atoms with van der Waals surface area (Å²) < 4.78 is 0. The van der Waals surface area contributed by atoms with Crippen LogP contribution in [0.3, 0.4) is 0 Å². The minimum Gasteiger partial charge on any atom is -0.351 e. The average molecular weight is 263 g/mol. The Morgan fingerprint density at radius 2 is 1.89 bits per heavy atom. The second kappa shape index (κ2) is 6.89. The number of hydrogen-bond donors (Lipinski definition) is 3. The van der Waals surface area contributed by atoms with Crippen LogP contribution in [0.5, 0.6) is 0 Å². The first kappa shape index (κ1) is 15.2. The van der Waals surface area contributed by atoms with E-state index in [1.807, 2.05) is 38.1 Å². The molecule has 4 N–H and O–H groups in total. The van der Waals surface area contributed by atoms with Gasteiger partial charge in [-0.1, -0.05) is 26.0 Å². The van der Waals surface area contributed by atoms with Crippen LogP contribution in [0, 0.1) is 5.92 Å². The van der Waals surface area contributed by atoms with Crippen molar-refractivity contribution >= 4 is 17.5 Å². The topological polar surface area (TPSA) is 84.2 Å². The van der Waals surface area contributed by atoms with Crippen LogP contribution < -0.4 is 16.4 Å². The summed E-state index contributed by atoms with van der Waals surface area (Å²) >= 11 is 0. The highest BCUT2D eigenvalue weighted by Crippen LogP contribution is 2.11. The Labute approximate surface area is 113 Å². The highest BCUT2D eigenvalue weighted by molar-refractivity contribution is 5.92. The predicted molar refractivity (Wildman–Crippen MR) is 75.4 cm³/mol. The van der Waals surface area contributed by atoms with Crippen LogP contribution in [0.15, 0.2) is 24.3 Å². The molecule has 0 heterocycles. The van der Waals surface area contributed by atoms with Gasteiger partial charge in [-0.05, 0) is 24.6 Å². The van der Waals surface area contributed by atoms with Crippen molar-refractivity contribution in [3.8, 4) is 0 Å². The largest absolute Gasteiger partial charge is 0.351 e. The summed E-state index contributed by atoms with van der Waals surface area (Å²) in [5, 5.41) is 5.54. The number of carbonyl (C=O) groups is 2. The maximum absolute atomic E-state index is 11.6. The predicted octanol–water partition coefficient (Wildman–Crippen LogP) is 1.24. The summed E-state index contributed by atoms with van der Waals surface area (Å²) in [7, 11) is 0. The third kappa shape index (κ3) is 5.09. The van der Waals surface area contributed by atoms with Crippen LogP contribution >= 0.6 is 0 Å². The molecule has 5 nitrogen and oxygen atoms in total. The molecule has 1 rings (SSSR count). The zero-order chi connectivity index (χ0) is 14.4. The molecule has 1 unspecified atom stereocenters. The Bertz CT molecular complexity index is 456. The molecule has 0 aromatic heterocycles. The van der Waals surface area contributed by atoms with E-state index >= 15 is 0 Å². The quantitative estimate of drug-likeness (QED) is 0.747. The van der Waals surface area contributed by atoms with E-state index in [0.717, 1.165) is 11.3 Å². The standard InChI is InChI=1S/C14H21N3O2/c1-9(2)13(18)17-12-6-4-5-11(7-12)8-16-14(19)10(3)15/h4-7,9-10H,8,15H2,1-3H3,(H,16,19)(H,17,18). The first-order valence-electron chi connectivity index (χ1n) is 6.33. The van der Waals surface area contributed by atoms with Crippen molar-refractivity contribution in [2.24, 2.45) is 11.7 Å². The van der Waals surface area contributed by atoms with E-state index < -0.39 is 6.04 Å². The molecular formula is C14H21N3O2. The van der Waals surface area contributed by atoms with E-state index in [0.29, 0.717) is 6.54 Å². The molecule has 0 saturated heterocycles. The van der Waals surface area contributed by atoms with Gasteiger partial charge in [0.1, 0.15) is 0 Å². The van der Waals surface area contributed by atoms with Gasteiger partial charge in [-0.15, -0.1) is 0 Å². The highest BCUT2D eigenvalue weighted by Gasteiger charge is 2.08. The van der Waals surface area contributed by atoms with Crippen molar-refractivity contribution in [3.63, 3.8) is 0 Å². The fourth-order valence-corrected chi connectivity index (χ4v) is 1.40. The molecule has 19 heavy (non-hydrogen) atoms. The Morgan fingerprint density at radius 1 is 1.21 bits per heavy atom. The first-order chi connectivity index (χ1) is 8.90. The number of benzene rings is 1. The van der Waals surface area contributed by atoms with Gasteiger partial charge in [0.25, 0.3) is 0 Å². The minimum atomic E-state index is -0.524. The zero-order valence-electron chi connectivity index (χ0n) is 11.6. The number of hydrogen-bond acceptors (Lipinski definition) is 3. The summed E-state index contributed by atoms with van der Waals surface area (Å²) in [6, 6.07) is 6.85. The number of anilines is 1. The molecule has 0 aliphatic carbocycles. The van der Waals surface area contributed by atoms with Crippen LogP contribution in [0.2, 0.25) is 0 Å². The van der Waals surface area contributed by atoms with Gasteiger partial charge < -0.3 is 16.4 Å². The molecule has 0 fully saturated rings. The Morgan fingerprint density at radius 3 is 2.47 bits per heavy atom. The fourth-order valence-electron chi connectivity index (χ4n) is 1.40. The Balaban J connectivity index is 2.62. The average Bonchev–Trinajstić information content (AvgIpc) is 2.36. The summed E-state index contributed by atoms with van der Waals surface area (Å²) in [6.45, 7) is 5.70. The molecule has 5 heteroatoms. The van der Waals surface area contributed by atoms with Crippen molar-refractivity contribution in [1.82, 2.24) is 5.32 Å². The van der Waals surface area contributed by atoms with E-state index in [1.165, 1.54) is 0 Å². The van der Waals surface area contributed by atoms with E-state index in [4.69, 9.17) is 5.73 Å². The maximum atomic E-state index is 11.6. The minimum absolute atomic E-state index is 0.0308. The lowest BCUT2D eigenvalue weighted by molar-refractivity contribution is -0.122. The van der Waals surface area contributed by atoms with E-state index in [2.05, 4.69) is 10.6 Å². The third-order valence-electron chi connectivity index (χ3n) is 2.60. The van der Waals surface area contributed by atoms with Crippen LogP contribution in [-0.2, 0) is 16.1 Å². The molecule has 0 spiro atoms. The van der Waals surface area contributed by atoms with Gasteiger partial charge >= 0.3 is 0 Å². The molecule has 0 bridgehead atoms. The molecule has 0 aliphatic heterocycles. The van der Waals surface area contributed by atoms with Gasteiger partial charge in [0.05, 0.1) is 6.04 Å². The van der Waals surface area contributed by atoms with Crippen LogP contribution in [0.4, 0.5) is 5.69 Å². The molecule has 1 aromatic carbocycles. The van der Waals surface area contributed by atoms with Crippen molar-refractivity contribution in [1.29, 1.82) is 0 Å². The molecule has 104 valence electrons. The third-order valence-corrected chi connectivity index (χ3v) is 2.60.